The summed E-state index contributed by atoms with van der Waals surface area (Å²) in [5, 5.41) is 0. The molecule has 0 radical (unpaired) electrons. The van der Waals surface area contributed by atoms with Gasteiger partial charge in [-0.2, -0.15) is 0 Å². The maximum absolute atomic E-state index is 5.69. The van der Waals surface area contributed by atoms with E-state index in [9.17, 15) is 0 Å². The summed E-state index contributed by atoms with van der Waals surface area (Å²) in [5.41, 5.74) is 4.15. The number of ether oxygens (including phenoxy) is 2. The molecule has 1 aromatic carbocycles. The lowest BCUT2D eigenvalue weighted by Gasteiger charge is -2.24. The van der Waals surface area contributed by atoms with E-state index in [1.54, 1.807) is 14.2 Å². The zero-order valence-corrected chi connectivity index (χ0v) is 12.4. The summed E-state index contributed by atoms with van der Waals surface area (Å²) in [6, 6.07) is 6.31. The van der Waals surface area contributed by atoms with Crippen LogP contribution in [0.5, 0.6) is 11.5 Å². The van der Waals surface area contributed by atoms with Gasteiger partial charge >= 0.3 is 0 Å². The topological polar surface area (TPSA) is 56.5 Å². The molecule has 0 amide bonds. The van der Waals surface area contributed by atoms with Gasteiger partial charge in [-0.25, -0.2) is 0 Å². The third-order valence-corrected chi connectivity index (χ3v) is 3.74. The third kappa shape index (κ3) is 4.11. The van der Waals surface area contributed by atoms with Gasteiger partial charge in [0.05, 0.1) is 14.2 Å². The third-order valence-electron chi connectivity index (χ3n) is 3.74. The van der Waals surface area contributed by atoms with Crippen LogP contribution in [0, 0.1) is 5.92 Å². The van der Waals surface area contributed by atoms with Gasteiger partial charge in [-0.15, -0.1) is 0 Å². The van der Waals surface area contributed by atoms with Gasteiger partial charge in [0, 0.05) is 6.04 Å². The molecule has 0 aliphatic rings. The van der Waals surface area contributed by atoms with E-state index >= 15 is 0 Å². The van der Waals surface area contributed by atoms with Crippen LogP contribution in [0.1, 0.15) is 32.3 Å². The van der Waals surface area contributed by atoms with Crippen molar-refractivity contribution in [3.8, 4) is 11.5 Å². The predicted octanol–water partition coefficient (Wildman–Crippen LogP) is 2.51. The second kappa shape index (κ2) is 8.02. The fraction of sp³-hybridized carbons (Fsp3) is 0.600. The van der Waals surface area contributed by atoms with Gasteiger partial charge in [-0.05, 0) is 30.0 Å². The van der Waals surface area contributed by atoms with Crippen LogP contribution in [0.4, 0.5) is 0 Å². The normalized spacial score (nSPS) is 12.5. The lowest BCUT2D eigenvalue weighted by atomic mass is 9.90. The van der Waals surface area contributed by atoms with Gasteiger partial charge in [0.25, 0.3) is 0 Å². The highest BCUT2D eigenvalue weighted by Crippen LogP contribution is 2.28. The lowest BCUT2D eigenvalue weighted by Crippen LogP contribution is -2.42. The lowest BCUT2D eigenvalue weighted by molar-refractivity contribution is 0.333. The predicted molar refractivity (Wildman–Crippen MR) is 78.4 cm³/mol. The van der Waals surface area contributed by atoms with Crippen LogP contribution in [0.15, 0.2) is 18.2 Å². The molecule has 4 heteroatoms. The van der Waals surface area contributed by atoms with Crippen molar-refractivity contribution in [1.29, 1.82) is 0 Å². The van der Waals surface area contributed by atoms with E-state index in [4.69, 9.17) is 15.3 Å². The van der Waals surface area contributed by atoms with Crippen LogP contribution in [-0.2, 0) is 6.42 Å². The Morgan fingerprint density at radius 2 is 1.74 bits per heavy atom. The SMILES string of the molecule is CCC(CC)C(Cc1ccc(OC)c(OC)c1)NN. The molecule has 0 heterocycles. The quantitative estimate of drug-likeness (QED) is 0.561. The summed E-state index contributed by atoms with van der Waals surface area (Å²) < 4.78 is 10.6. The summed E-state index contributed by atoms with van der Waals surface area (Å²) in [6.07, 6.45) is 3.14. The smallest absolute Gasteiger partial charge is 0.160 e. The summed E-state index contributed by atoms with van der Waals surface area (Å²) in [5.74, 6) is 7.79. The second-order valence-electron chi connectivity index (χ2n) is 4.74. The summed E-state index contributed by atoms with van der Waals surface area (Å²) in [4.78, 5) is 0. The largest absolute Gasteiger partial charge is 0.493 e. The van der Waals surface area contributed by atoms with Crippen LogP contribution in [-0.4, -0.2) is 20.3 Å². The molecule has 0 saturated heterocycles. The van der Waals surface area contributed by atoms with Crippen molar-refractivity contribution in [3.05, 3.63) is 23.8 Å². The van der Waals surface area contributed by atoms with Gasteiger partial charge in [-0.1, -0.05) is 32.8 Å². The van der Waals surface area contributed by atoms with E-state index in [-0.39, 0.29) is 6.04 Å². The number of benzene rings is 1. The molecule has 0 bridgehead atoms. The Morgan fingerprint density at radius 3 is 2.21 bits per heavy atom. The minimum atomic E-state index is 0.285. The fourth-order valence-corrected chi connectivity index (χ4v) is 2.48. The maximum atomic E-state index is 5.69. The summed E-state index contributed by atoms with van der Waals surface area (Å²) >= 11 is 0. The number of hydrazine groups is 1. The van der Waals surface area contributed by atoms with Crippen molar-refractivity contribution in [2.75, 3.05) is 14.2 Å². The molecular weight excluding hydrogens is 240 g/mol. The average molecular weight is 266 g/mol. The van der Waals surface area contributed by atoms with E-state index in [1.165, 1.54) is 5.56 Å². The van der Waals surface area contributed by atoms with Crippen LogP contribution < -0.4 is 20.7 Å². The van der Waals surface area contributed by atoms with E-state index in [2.05, 4.69) is 25.3 Å². The van der Waals surface area contributed by atoms with Crippen molar-refractivity contribution < 1.29 is 9.47 Å². The first-order valence-electron chi connectivity index (χ1n) is 6.87. The van der Waals surface area contributed by atoms with Crippen LogP contribution in [0.25, 0.3) is 0 Å². The Bertz CT molecular complexity index is 378. The van der Waals surface area contributed by atoms with Gasteiger partial charge in [-0.3, -0.25) is 11.3 Å². The number of methoxy groups -OCH3 is 2. The van der Waals surface area contributed by atoms with E-state index in [0.29, 0.717) is 5.92 Å². The van der Waals surface area contributed by atoms with Crippen molar-refractivity contribution in [2.45, 2.75) is 39.2 Å². The molecule has 1 aromatic rings. The van der Waals surface area contributed by atoms with Crippen LogP contribution in [0.3, 0.4) is 0 Å². The standard InChI is InChI=1S/C15H26N2O2/c1-5-12(6-2)13(17-16)9-11-7-8-14(18-3)15(10-11)19-4/h7-8,10,12-13,17H,5-6,9,16H2,1-4H3. The number of rotatable bonds is 8. The molecular formula is C15H26N2O2. The Kier molecular flexibility index (Phi) is 6.67. The van der Waals surface area contributed by atoms with Gasteiger partial charge in [0.2, 0.25) is 0 Å². The summed E-state index contributed by atoms with van der Waals surface area (Å²) in [6.45, 7) is 4.40. The van der Waals surface area contributed by atoms with Crippen molar-refractivity contribution >= 4 is 0 Å². The molecule has 0 aliphatic carbocycles. The zero-order valence-electron chi connectivity index (χ0n) is 12.4. The Hall–Kier alpha value is -1.26. The highest BCUT2D eigenvalue weighted by Gasteiger charge is 2.18. The molecule has 4 nitrogen and oxygen atoms in total. The Labute approximate surface area is 116 Å². The van der Waals surface area contributed by atoms with E-state index in [1.807, 2.05) is 12.1 Å². The summed E-state index contributed by atoms with van der Waals surface area (Å²) in [7, 11) is 3.30. The first-order valence-corrected chi connectivity index (χ1v) is 6.87. The molecule has 19 heavy (non-hydrogen) atoms. The maximum Gasteiger partial charge on any atom is 0.160 e. The molecule has 1 unspecified atom stereocenters. The molecule has 3 N–H and O–H groups in total. The number of hydrogen-bond acceptors (Lipinski definition) is 4. The van der Waals surface area contributed by atoms with Crippen LogP contribution >= 0.6 is 0 Å². The molecule has 0 aliphatic heterocycles. The molecule has 108 valence electrons. The van der Waals surface area contributed by atoms with E-state index < -0.39 is 0 Å². The highest BCUT2D eigenvalue weighted by molar-refractivity contribution is 5.43. The fourth-order valence-electron chi connectivity index (χ4n) is 2.48. The zero-order chi connectivity index (χ0) is 14.3. The van der Waals surface area contributed by atoms with Crippen LogP contribution in [0.2, 0.25) is 0 Å². The molecule has 0 spiro atoms. The van der Waals surface area contributed by atoms with Crippen molar-refractivity contribution in [2.24, 2.45) is 11.8 Å². The molecule has 0 saturated carbocycles. The first-order chi connectivity index (χ1) is 9.19. The molecule has 0 aromatic heterocycles. The minimum absolute atomic E-state index is 0.285. The van der Waals surface area contributed by atoms with Gasteiger partial charge in [0.15, 0.2) is 11.5 Å². The van der Waals surface area contributed by atoms with E-state index in [0.717, 1.165) is 30.8 Å². The van der Waals surface area contributed by atoms with Crippen molar-refractivity contribution in [3.63, 3.8) is 0 Å². The number of nitrogens with one attached hydrogen (secondary N) is 1. The van der Waals surface area contributed by atoms with Gasteiger partial charge < -0.3 is 9.47 Å². The Morgan fingerprint density at radius 1 is 1.11 bits per heavy atom. The monoisotopic (exact) mass is 266 g/mol. The number of hydrogen-bond donors (Lipinski definition) is 2. The molecule has 1 atom stereocenters. The average Bonchev–Trinajstić information content (AvgIpc) is 2.46. The minimum Gasteiger partial charge on any atom is -0.493 e. The Balaban J connectivity index is 2.85. The highest BCUT2D eigenvalue weighted by atomic mass is 16.5. The number of nitrogens with two attached hydrogens (primary N) is 1. The molecule has 0 fully saturated rings. The second-order valence-corrected chi connectivity index (χ2v) is 4.74. The van der Waals surface area contributed by atoms with Crippen molar-refractivity contribution in [1.82, 2.24) is 5.43 Å². The first kappa shape index (κ1) is 15.8. The molecule has 1 rings (SSSR count). The van der Waals surface area contributed by atoms with Gasteiger partial charge in [0.1, 0.15) is 0 Å².